The summed E-state index contributed by atoms with van der Waals surface area (Å²) in [4.78, 5) is 0. The van der Waals surface area contributed by atoms with E-state index in [1.54, 1.807) is 37.8 Å². The lowest BCUT2D eigenvalue weighted by Gasteiger charge is -2.36. The van der Waals surface area contributed by atoms with Gasteiger partial charge in [-0.15, -0.1) is 0 Å². The van der Waals surface area contributed by atoms with E-state index in [-0.39, 0.29) is 0 Å². The summed E-state index contributed by atoms with van der Waals surface area (Å²) in [6.07, 6.45) is 33.2. The van der Waals surface area contributed by atoms with Crippen molar-refractivity contribution in [3.63, 3.8) is 0 Å². The number of rotatable bonds is 10. The van der Waals surface area contributed by atoms with Crippen molar-refractivity contribution in [2.75, 3.05) is 0 Å². The molecule has 90 heavy (non-hydrogen) atoms. The van der Waals surface area contributed by atoms with Crippen molar-refractivity contribution in [1.29, 1.82) is 0 Å². The van der Waals surface area contributed by atoms with E-state index in [0.29, 0.717) is 0 Å². The maximum Gasteiger partial charge on any atom is 0.220 e. The highest BCUT2D eigenvalue weighted by Gasteiger charge is 2.39. The molecule has 0 unspecified atom stereocenters. The summed E-state index contributed by atoms with van der Waals surface area (Å²) in [5.74, 6) is 3.04. The van der Waals surface area contributed by atoms with E-state index < -0.39 is 24.2 Å². The molecular formula is C84H106N3Si3+3. The van der Waals surface area contributed by atoms with Gasteiger partial charge < -0.3 is 0 Å². The van der Waals surface area contributed by atoms with Gasteiger partial charge in [0.25, 0.3) is 0 Å². The van der Waals surface area contributed by atoms with Gasteiger partial charge in [-0.3, -0.25) is 0 Å². The third-order valence-electron chi connectivity index (χ3n) is 25.3. The highest BCUT2D eigenvalue weighted by atomic mass is 28.3. The highest BCUT2D eigenvalue weighted by molar-refractivity contribution is 6.94. The maximum absolute atomic E-state index is 2.64. The highest BCUT2D eigenvalue weighted by Crippen LogP contribution is 2.46. The third kappa shape index (κ3) is 11.7. The SMILES string of the molecule is Cc1c(-c2c3ccc([Si]4(C)CCC4)cc3cc[n+]2C)cc(C2CCCC2)cc1C1CCCC1.Cc1cc(C2CCCC2)cc(-c2c3ccc([Si]4(C)CCC4)cc3cc[n+]2C)c1C.Cc1ccc(C2CCCC2)cc1-c1c2ccc([Si]3(C)CCC3)cc2cc[n+]1C. The van der Waals surface area contributed by atoms with E-state index in [4.69, 9.17) is 0 Å². The van der Waals surface area contributed by atoms with E-state index >= 15 is 0 Å². The van der Waals surface area contributed by atoms with Crippen LogP contribution in [0.3, 0.4) is 0 Å². The second-order valence-electron chi connectivity index (χ2n) is 31.3. The molecule has 6 heteroatoms. The van der Waals surface area contributed by atoms with Crippen molar-refractivity contribution in [2.45, 2.75) is 229 Å². The Kier molecular flexibility index (Phi) is 17.3. The molecule has 0 N–H and O–H groups in total. The zero-order valence-corrected chi connectivity index (χ0v) is 60.0. The van der Waals surface area contributed by atoms with Gasteiger partial charge in [0.1, 0.15) is 21.1 Å². The molecule has 3 aromatic heterocycles. The minimum atomic E-state index is -1.17. The second-order valence-corrected chi connectivity index (χ2v) is 45.4. The molecular weight excluding hydrogens is 1140 g/mol. The summed E-state index contributed by atoms with van der Waals surface area (Å²) in [5.41, 5.74) is 20.7. The average molecular weight is 1240 g/mol. The molecule has 3 aliphatic heterocycles. The second kappa shape index (κ2) is 25.3. The Morgan fingerprint density at radius 3 is 1.04 bits per heavy atom. The monoisotopic (exact) mass is 1240 g/mol. The third-order valence-corrected chi connectivity index (χ3v) is 39.2. The van der Waals surface area contributed by atoms with Crippen molar-refractivity contribution in [1.82, 2.24) is 0 Å². The number of fused-ring (bicyclic) bond motifs is 3. The van der Waals surface area contributed by atoms with Crippen LogP contribution < -0.4 is 29.3 Å². The van der Waals surface area contributed by atoms with Crippen LogP contribution >= 0.6 is 0 Å². The van der Waals surface area contributed by atoms with E-state index in [2.05, 4.69) is 216 Å². The summed E-state index contributed by atoms with van der Waals surface area (Å²) in [6.45, 7) is 17.0. The van der Waals surface area contributed by atoms with Gasteiger partial charge in [0.2, 0.25) is 17.1 Å². The smallest absolute Gasteiger partial charge is 0.200 e. The molecule has 6 heterocycles. The van der Waals surface area contributed by atoms with Gasteiger partial charge in [0, 0.05) is 23.8 Å². The minimum Gasteiger partial charge on any atom is -0.200 e. The molecule has 0 atom stereocenters. The van der Waals surface area contributed by atoms with Crippen LogP contribution in [0.25, 0.3) is 66.1 Å². The first-order valence-corrected chi connectivity index (χ1v) is 44.9. The summed E-state index contributed by atoms with van der Waals surface area (Å²) >= 11 is 0. The molecule has 4 aliphatic carbocycles. The van der Waals surface area contributed by atoms with Crippen LogP contribution in [0.15, 0.2) is 134 Å². The molecule has 0 amide bonds. The fourth-order valence-corrected chi connectivity index (χ4v) is 27.4. The van der Waals surface area contributed by atoms with Crippen molar-refractivity contribution in [2.24, 2.45) is 21.1 Å². The Bertz CT molecular complexity index is 4170. The molecule has 9 aromatic rings. The molecule has 0 radical (unpaired) electrons. The molecule has 6 aromatic carbocycles. The van der Waals surface area contributed by atoms with Gasteiger partial charge in [0.15, 0.2) is 18.6 Å². The number of benzene rings is 6. The molecule has 466 valence electrons. The van der Waals surface area contributed by atoms with E-state index in [1.807, 2.05) is 0 Å². The number of nitrogens with zero attached hydrogens (tertiary/aromatic N) is 3. The normalized spacial score (nSPS) is 19.8. The summed E-state index contributed by atoms with van der Waals surface area (Å²) in [5, 5.41) is 13.5. The molecule has 7 fully saturated rings. The van der Waals surface area contributed by atoms with Gasteiger partial charge in [-0.1, -0.05) is 203 Å². The molecule has 7 aliphatic rings. The van der Waals surface area contributed by atoms with Gasteiger partial charge in [-0.2, -0.15) is 0 Å². The Balaban J connectivity index is 0.000000118. The van der Waals surface area contributed by atoms with Crippen LogP contribution in [0.4, 0.5) is 0 Å². The quantitative estimate of drug-likeness (QED) is 0.0955. The zero-order valence-electron chi connectivity index (χ0n) is 57.0. The van der Waals surface area contributed by atoms with Crippen molar-refractivity contribution in [3.05, 3.63) is 178 Å². The largest absolute Gasteiger partial charge is 0.220 e. The lowest BCUT2D eigenvalue weighted by atomic mass is 9.84. The number of aryl methyl sites for hydroxylation is 5. The standard InChI is InChI=1S/C31H40NSi.C27H34NSi.C26H32NSi/c1-22-29(24-11-6-7-12-24)20-26(23-9-4-5-10-23)21-30(22)31-28-14-13-27(33(3)17-8-18-33)19-25(28)15-16-32(31)2;1-19-16-23(21-8-5-6-9-21)18-26(20(19)2)27-25-11-10-24(29(4)14-7-15-29)17-22(25)12-13-28(27)3;1-19-9-10-21(20-7-4-5-8-20)18-25(19)26-24-12-11-23(28(3)15-6-16-28)17-22(24)13-14-27(26)2/h13-16,19-21,23-24H,4-12,17-18H2,1-3H3;10-13,16-18,21H,5-9,14-15H2,1-4H3;9-14,17-18,20H,4-8,15-16H2,1-3H3/q3*+1. The fraction of sp³-hybridized carbons (Fsp3) is 0.464. The first-order valence-electron chi connectivity index (χ1n) is 36.2. The van der Waals surface area contributed by atoms with Crippen LogP contribution in [-0.4, -0.2) is 24.2 Å². The van der Waals surface area contributed by atoms with Gasteiger partial charge >= 0.3 is 0 Å². The lowest BCUT2D eigenvalue weighted by molar-refractivity contribution is -0.659. The van der Waals surface area contributed by atoms with Crippen molar-refractivity contribution in [3.8, 4) is 33.8 Å². The predicted molar refractivity (Wildman–Crippen MR) is 392 cm³/mol. The zero-order chi connectivity index (χ0) is 62.1. The maximum atomic E-state index is 2.64. The van der Waals surface area contributed by atoms with E-state index in [0.717, 1.165) is 23.7 Å². The van der Waals surface area contributed by atoms with Crippen LogP contribution in [-0.2, 0) is 21.1 Å². The van der Waals surface area contributed by atoms with E-state index in [1.165, 1.54) is 247 Å². The molecule has 3 nitrogen and oxygen atoms in total. The fourth-order valence-electron chi connectivity index (χ4n) is 18.4. The lowest BCUT2D eigenvalue weighted by Crippen LogP contribution is -2.50. The van der Waals surface area contributed by atoms with Crippen LogP contribution in [0.2, 0.25) is 55.9 Å². The molecule has 16 rings (SSSR count). The number of hydrogen-bond acceptors (Lipinski definition) is 0. The summed E-state index contributed by atoms with van der Waals surface area (Å²) in [7, 11) is 3.19. The van der Waals surface area contributed by atoms with Crippen LogP contribution in [0.1, 0.15) is 190 Å². The van der Waals surface area contributed by atoms with Gasteiger partial charge in [0.05, 0.1) is 51.5 Å². The van der Waals surface area contributed by atoms with Crippen LogP contribution in [0, 0.1) is 27.7 Å². The van der Waals surface area contributed by atoms with Crippen molar-refractivity contribution < 1.29 is 13.7 Å². The number of aromatic nitrogens is 3. The summed E-state index contributed by atoms with van der Waals surface area (Å²) in [6, 6.07) is 55.5. The predicted octanol–water partition coefficient (Wildman–Crippen LogP) is 19.9. The number of hydrogen-bond donors (Lipinski definition) is 0. The van der Waals surface area contributed by atoms with Crippen LogP contribution in [0.5, 0.6) is 0 Å². The van der Waals surface area contributed by atoms with Crippen molar-refractivity contribution >= 4 is 72.1 Å². The average Bonchev–Trinajstić information content (AvgIpc) is 0.856. The molecule has 0 bridgehead atoms. The van der Waals surface area contributed by atoms with Gasteiger partial charge in [-0.05, 0) is 200 Å². The van der Waals surface area contributed by atoms with Gasteiger partial charge in [-0.25, -0.2) is 13.7 Å². The Morgan fingerprint density at radius 2 is 0.656 bits per heavy atom. The molecule has 4 saturated carbocycles. The molecule has 0 spiro atoms. The minimum absolute atomic E-state index is 0.754. The first kappa shape index (κ1) is 61.7. The Morgan fingerprint density at radius 1 is 0.311 bits per heavy atom. The topological polar surface area (TPSA) is 11.6 Å². The Labute approximate surface area is 544 Å². The number of pyridine rings is 3. The van der Waals surface area contributed by atoms with E-state index in [9.17, 15) is 0 Å². The molecule has 3 saturated heterocycles. The first-order chi connectivity index (χ1) is 43.5. The summed E-state index contributed by atoms with van der Waals surface area (Å²) < 4.78 is 7.06. The Hall–Kier alpha value is -5.80.